The molecule has 1 fully saturated rings. The van der Waals surface area contributed by atoms with Gasteiger partial charge >= 0.3 is 0 Å². The summed E-state index contributed by atoms with van der Waals surface area (Å²) in [6.07, 6.45) is 3.24. The maximum absolute atomic E-state index is 12.3. The minimum Gasteiger partial charge on any atom is -0.355 e. The zero-order valence-electron chi connectivity index (χ0n) is 18.1. The van der Waals surface area contributed by atoms with E-state index in [-0.39, 0.29) is 5.91 Å². The highest BCUT2D eigenvalue weighted by Gasteiger charge is 2.16. The first kappa shape index (κ1) is 21.1. The van der Waals surface area contributed by atoms with Gasteiger partial charge in [0.05, 0.1) is 18.3 Å². The highest BCUT2D eigenvalue weighted by atomic mass is 16.1. The summed E-state index contributed by atoms with van der Waals surface area (Å²) >= 11 is 0. The fourth-order valence-corrected chi connectivity index (χ4v) is 4.06. The van der Waals surface area contributed by atoms with E-state index >= 15 is 0 Å². The molecular weight excluding hydrogens is 384 g/mol. The molecular formula is C26H30N4O. The lowest BCUT2D eigenvalue weighted by Crippen LogP contribution is -2.31. The fourth-order valence-electron chi connectivity index (χ4n) is 4.06. The third kappa shape index (κ3) is 6.15. The van der Waals surface area contributed by atoms with Gasteiger partial charge in [0.1, 0.15) is 5.82 Å². The van der Waals surface area contributed by atoms with Gasteiger partial charge in [0.25, 0.3) is 0 Å². The third-order valence-corrected chi connectivity index (χ3v) is 5.64. The fraction of sp³-hybridized carbons (Fsp3) is 0.308. The molecule has 2 aromatic carbocycles. The number of carbonyl (C=O) groups is 1. The Balaban J connectivity index is 1.30. The zero-order valence-corrected chi connectivity index (χ0v) is 18.1. The molecule has 0 radical (unpaired) electrons. The quantitative estimate of drug-likeness (QED) is 0.654. The van der Waals surface area contributed by atoms with Crippen LogP contribution in [-0.2, 0) is 17.8 Å². The Morgan fingerprint density at radius 2 is 1.77 bits per heavy atom. The van der Waals surface area contributed by atoms with E-state index in [1.807, 2.05) is 42.5 Å². The van der Waals surface area contributed by atoms with Crippen molar-refractivity contribution in [1.29, 1.82) is 0 Å². The Morgan fingerprint density at radius 1 is 0.935 bits per heavy atom. The van der Waals surface area contributed by atoms with Crippen molar-refractivity contribution >= 4 is 17.4 Å². The number of aromatic nitrogens is 1. The second-order valence-corrected chi connectivity index (χ2v) is 8.22. The lowest BCUT2D eigenvalue weighted by Gasteiger charge is -2.23. The van der Waals surface area contributed by atoms with Gasteiger partial charge in [-0.15, -0.1) is 0 Å². The second kappa shape index (κ2) is 10.2. The molecule has 0 spiro atoms. The van der Waals surface area contributed by atoms with Crippen molar-refractivity contribution in [1.82, 2.24) is 9.88 Å². The molecule has 0 atom stereocenters. The van der Waals surface area contributed by atoms with Crippen molar-refractivity contribution in [3.8, 4) is 0 Å². The van der Waals surface area contributed by atoms with Crippen molar-refractivity contribution in [2.75, 3.05) is 36.4 Å². The molecule has 0 bridgehead atoms. The summed E-state index contributed by atoms with van der Waals surface area (Å²) in [6, 6.07) is 22.5. The minimum absolute atomic E-state index is 0.0256. The van der Waals surface area contributed by atoms with Gasteiger partial charge in [0, 0.05) is 32.7 Å². The summed E-state index contributed by atoms with van der Waals surface area (Å²) in [7, 11) is 0. The monoisotopic (exact) mass is 414 g/mol. The number of nitrogens with one attached hydrogen (secondary N) is 1. The van der Waals surface area contributed by atoms with Crippen molar-refractivity contribution in [3.05, 3.63) is 89.6 Å². The number of anilines is 2. The van der Waals surface area contributed by atoms with Crippen molar-refractivity contribution in [3.63, 3.8) is 0 Å². The van der Waals surface area contributed by atoms with Crippen molar-refractivity contribution < 1.29 is 4.79 Å². The largest absolute Gasteiger partial charge is 0.355 e. The van der Waals surface area contributed by atoms with Crippen LogP contribution in [-0.4, -0.2) is 42.0 Å². The first-order chi connectivity index (χ1) is 15.2. The molecule has 31 heavy (non-hydrogen) atoms. The van der Waals surface area contributed by atoms with Crippen LogP contribution in [0.3, 0.4) is 0 Å². The summed E-state index contributed by atoms with van der Waals surface area (Å²) in [5.41, 5.74) is 4.43. The Bertz CT molecular complexity index is 988. The third-order valence-electron chi connectivity index (χ3n) is 5.64. The van der Waals surface area contributed by atoms with E-state index < -0.39 is 0 Å². The number of aryl methyl sites for hydroxylation is 1. The molecule has 0 unspecified atom stereocenters. The average molecular weight is 415 g/mol. The van der Waals surface area contributed by atoms with Gasteiger partial charge in [-0.2, -0.15) is 0 Å². The van der Waals surface area contributed by atoms with Crippen molar-refractivity contribution in [2.24, 2.45) is 0 Å². The Kier molecular flexibility index (Phi) is 6.95. The minimum atomic E-state index is -0.0256. The van der Waals surface area contributed by atoms with Crippen LogP contribution in [0.25, 0.3) is 0 Å². The molecule has 1 aromatic heterocycles. The topological polar surface area (TPSA) is 48.5 Å². The van der Waals surface area contributed by atoms with E-state index in [4.69, 9.17) is 0 Å². The van der Waals surface area contributed by atoms with E-state index in [1.54, 1.807) is 6.20 Å². The van der Waals surface area contributed by atoms with E-state index in [0.29, 0.717) is 6.42 Å². The standard InChI is InChI=1S/C26H30N4O/c1-21-7-5-10-23(17-21)20-29-13-6-14-30(16-15-29)25-12-11-24(19-27-25)28-26(31)18-22-8-3-2-4-9-22/h2-5,7-12,17,19H,6,13-16,18,20H2,1H3,(H,28,31). The van der Waals surface area contributed by atoms with Gasteiger partial charge in [0.2, 0.25) is 5.91 Å². The summed E-state index contributed by atoms with van der Waals surface area (Å²) in [6.45, 7) is 7.21. The molecule has 160 valence electrons. The smallest absolute Gasteiger partial charge is 0.228 e. The van der Waals surface area contributed by atoms with Crippen LogP contribution < -0.4 is 10.2 Å². The summed E-state index contributed by atoms with van der Waals surface area (Å²) in [5, 5.41) is 2.94. The van der Waals surface area contributed by atoms with E-state index in [0.717, 1.165) is 56.2 Å². The Hall–Kier alpha value is -3.18. The number of benzene rings is 2. The van der Waals surface area contributed by atoms with Crippen LogP contribution in [0.4, 0.5) is 11.5 Å². The number of pyridine rings is 1. The molecule has 1 N–H and O–H groups in total. The van der Waals surface area contributed by atoms with Gasteiger partial charge < -0.3 is 10.2 Å². The molecule has 1 saturated heterocycles. The van der Waals surface area contributed by atoms with Crippen molar-refractivity contribution in [2.45, 2.75) is 26.3 Å². The molecule has 4 rings (SSSR count). The van der Waals surface area contributed by atoms with Crippen LogP contribution in [0, 0.1) is 6.92 Å². The molecule has 2 heterocycles. The molecule has 0 aliphatic carbocycles. The summed E-state index contributed by atoms with van der Waals surface area (Å²) in [4.78, 5) is 21.7. The van der Waals surface area contributed by atoms with Crippen LogP contribution in [0.2, 0.25) is 0 Å². The number of rotatable bonds is 6. The number of amides is 1. The van der Waals surface area contributed by atoms with Gasteiger partial charge in [-0.05, 0) is 36.6 Å². The van der Waals surface area contributed by atoms with Crippen LogP contribution >= 0.6 is 0 Å². The van der Waals surface area contributed by atoms with E-state index in [9.17, 15) is 4.79 Å². The lowest BCUT2D eigenvalue weighted by molar-refractivity contribution is -0.115. The first-order valence-electron chi connectivity index (χ1n) is 11.0. The molecule has 3 aromatic rings. The maximum Gasteiger partial charge on any atom is 0.228 e. The summed E-state index contributed by atoms with van der Waals surface area (Å²) in [5.74, 6) is 0.945. The molecule has 1 aliphatic heterocycles. The summed E-state index contributed by atoms with van der Waals surface area (Å²) < 4.78 is 0. The highest BCUT2D eigenvalue weighted by Crippen LogP contribution is 2.18. The van der Waals surface area contributed by atoms with E-state index in [2.05, 4.69) is 51.3 Å². The van der Waals surface area contributed by atoms with E-state index in [1.165, 1.54) is 11.1 Å². The molecule has 5 heteroatoms. The lowest BCUT2D eigenvalue weighted by atomic mass is 10.1. The van der Waals surface area contributed by atoms with Gasteiger partial charge in [-0.3, -0.25) is 9.69 Å². The average Bonchev–Trinajstić information content (AvgIpc) is 3.01. The second-order valence-electron chi connectivity index (χ2n) is 8.22. The number of nitrogens with zero attached hydrogens (tertiary/aromatic N) is 3. The van der Waals surface area contributed by atoms with Crippen LogP contribution in [0.5, 0.6) is 0 Å². The van der Waals surface area contributed by atoms with Gasteiger partial charge in [0.15, 0.2) is 0 Å². The molecule has 0 saturated carbocycles. The van der Waals surface area contributed by atoms with Crippen LogP contribution in [0.1, 0.15) is 23.1 Å². The Morgan fingerprint density at radius 3 is 2.55 bits per heavy atom. The number of hydrogen-bond acceptors (Lipinski definition) is 4. The van der Waals surface area contributed by atoms with Crippen LogP contribution in [0.15, 0.2) is 72.9 Å². The number of hydrogen-bond donors (Lipinski definition) is 1. The highest BCUT2D eigenvalue weighted by molar-refractivity contribution is 5.92. The first-order valence-corrected chi connectivity index (χ1v) is 11.0. The molecule has 1 amide bonds. The SMILES string of the molecule is Cc1cccc(CN2CCCN(c3ccc(NC(=O)Cc4ccccc4)cn3)CC2)c1. The van der Waals surface area contributed by atoms with Gasteiger partial charge in [-0.1, -0.05) is 60.2 Å². The molecule has 5 nitrogen and oxygen atoms in total. The number of carbonyl (C=O) groups excluding carboxylic acids is 1. The zero-order chi connectivity index (χ0) is 21.5. The maximum atomic E-state index is 12.3. The predicted molar refractivity (Wildman–Crippen MR) is 126 cm³/mol. The normalized spacial score (nSPS) is 14.8. The Labute approximate surface area is 184 Å². The molecule has 1 aliphatic rings. The predicted octanol–water partition coefficient (Wildman–Crippen LogP) is 4.28. The van der Waals surface area contributed by atoms with Gasteiger partial charge in [-0.25, -0.2) is 4.98 Å².